The summed E-state index contributed by atoms with van der Waals surface area (Å²) in [7, 11) is 4.18. The number of carboxylic acids is 1. The minimum absolute atomic E-state index is 0.907. The lowest BCUT2D eigenvalue weighted by atomic mass is 9.98. The Morgan fingerprint density at radius 2 is 2.00 bits per heavy atom. The monoisotopic (exact) mass is 353 g/mol. The highest BCUT2D eigenvalue weighted by molar-refractivity contribution is 7.14. The van der Waals surface area contributed by atoms with Crippen molar-refractivity contribution in [2.45, 2.75) is 19.3 Å². The van der Waals surface area contributed by atoms with Gasteiger partial charge in [-0.05, 0) is 67.8 Å². The molecule has 4 heteroatoms. The van der Waals surface area contributed by atoms with Gasteiger partial charge in [0.2, 0.25) is 0 Å². The Balaban J connectivity index is 2.03. The Morgan fingerprint density at radius 1 is 1.24 bits per heavy atom. The van der Waals surface area contributed by atoms with Crippen LogP contribution < -0.4 is 0 Å². The third-order valence-corrected chi connectivity index (χ3v) is 5.53. The van der Waals surface area contributed by atoms with Gasteiger partial charge < -0.3 is 10.0 Å². The van der Waals surface area contributed by atoms with Crippen LogP contribution in [0.15, 0.2) is 42.5 Å². The van der Waals surface area contributed by atoms with Crippen molar-refractivity contribution in [3.05, 3.63) is 68.9 Å². The van der Waals surface area contributed by atoms with Crippen molar-refractivity contribution in [2.24, 2.45) is 0 Å². The molecule has 130 valence electrons. The van der Waals surface area contributed by atoms with Crippen molar-refractivity contribution in [3.8, 4) is 0 Å². The summed E-state index contributed by atoms with van der Waals surface area (Å²) in [5.41, 5.74) is 5.33. The Labute approximate surface area is 152 Å². The second-order valence-electron chi connectivity index (χ2n) is 6.54. The zero-order valence-electron chi connectivity index (χ0n) is 14.7. The maximum absolute atomic E-state index is 10.8. The average molecular weight is 353 g/mol. The molecule has 0 unspecified atom stereocenters. The molecule has 0 saturated heterocycles. The predicted octanol–water partition coefficient (Wildman–Crippen LogP) is 4.33. The van der Waals surface area contributed by atoms with Gasteiger partial charge in [0, 0.05) is 22.4 Å². The number of hydrogen-bond acceptors (Lipinski definition) is 3. The average Bonchev–Trinajstić information content (AvgIpc) is 2.92. The molecule has 1 aliphatic rings. The summed E-state index contributed by atoms with van der Waals surface area (Å²) < 4.78 is 0. The summed E-state index contributed by atoms with van der Waals surface area (Å²) >= 11 is 1.69. The zero-order chi connectivity index (χ0) is 17.8. The molecule has 1 heterocycles. The van der Waals surface area contributed by atoms with Gasteiger partial charge in [-0.1, -0.05) is 30.3 Å². The maximum atomic E-state index is 10.8. The van der Waals surface area contributed by atoms with Gasteiger partial charge in [0.25, 0.3) is 0 Å². The van der Waals surface area contributed by atoms with Crippen LogP contribution in [0, 0.1) is 0 Å². The SMILES string of the molecule is CN(C)CC/C=C1/c2ccccc2CCc2cc(/C=C/C(=O)O)sc21. The van der Waals surface area contributed by atoms with E-state index in [1.807, 2.05) is 0 Å². The van der Waals surface area contributed by atoms with Crippen molar-refractivity contribution < 1.29 is 9.90 Å². The summed E-state index contributed by atoms with van der Waals surface area (Å²) in [5, 5.41) is 8.87. The fraction of sp³-hybridized carbons (Fsp3) is 0.286. The maximum Gasteiger partial charge on any atom is 0.328 e. The molecule has 0 saturated carbocycles. The Kier molecular flexibility index (Phi) is 5.51. The number of benzene rings is 1. The third-order valence-electron chi connectivity index (χ3n) is 4.36. The molecule has 1 N–H and O–H groups in total. The van der Waals surface area contributed by atoms with Gasteiger partial charge in [0.1, 0.15) is 0 Å². The van der Waals surface area contributed by atoms with Crippen LogP contribution in [0.1, 0.15) is 32.9 Å². The van der Waals surface area contributed by atoms with Crippen LogP contribution in [0.25, 0.3) is 11.6 Å². The fourth-order valence-electron chi connectivity index (χ4n) is 3.16. The van der Waals surface area contributed by atoms with E-state index in [1.54, 1.807) is 17.4 Å². The van der Waals surface area contributed by atoms with Crippen molar-refractivity contribution in [2.75, 3.05) is 20.6 Å². The molecule has 2 aromatic rings. The molecule has 0 aliphatic heterocycles. The molecule has 1 aromatic heterocycles. The summed E-state index contributed by atoms with van der Waals surface area (Å²) in [5.74, 6) is -0.907. The molecular formula is C21H23NO2S. The van der Waals surface area contributed by atoms with E-state index in [9.17, 15) is 4.79 Å². The van der Waals surface area contributed by atoms with E-state index in [2.05, 4.69) is 55.4 Å². The molecule has 0 fully saturated rings. The van der Waals surface area contributed by atoms with Gasteiger partial charge in [-0.3, -0.25) is 0 Å². The zero-order valence-corrected chi connectivity index (χ0v) is 15.5. The molecule has 0 radical (unpaired) electrons. The number of carboxylic acid groups (broad SMARTS) is 1. The van der Waals surface area contributed by atoms with Gasteiger partial charge in [0.05, 0.1) is 0 Å². The van der Waals surface area contributed by atoms with Crippen LogP contribution in [0.5, 0.6) is 0 Å². The van der Waals surface area contributed by atoms with Crippen LogP contribution in [-0.2, 0) is 17.6 Å². The largest absolute Gasteiger partial charge is 0.478 e. The first-order chi connectivity index (χ1) is 12.0. The first-order valence-electron chi connectivity index (χ1n) is 8.52. The number of fused-ring (bicyclic) bond motifs is 2. The first kappa shape index (κ1) is 17.6. The molecule has 3 nitrogen and oxygen atoms in total. The first-order valence-corrected chi connectivity index (χ1v) is 9.33. The minimum atomic E-state index is -0.907. The van der Waals surface area contributed by atoms with E-state index in [0.29, 0.717) is 0 Å². The number of aliphatic carboxylic acids is 1. The Bertz CT molecular complexity index is 830. The van der Waals surface area contributed by atoms with E-state index >= 15 is 0 Å². The number of nitrogens with zero attached hydrogens (tertiary/aromatic N) is 1. The number of hydrogen-bond donors (Lipinski definition) is 1. The van der Waals surface area contributed by atoms with E-state index < -0.39 is 5.97 Å². The molecule has 3 rings (SSSR count). The van der Waals surface area contributed by atoms with Crippen LogP contribution >= 0.6 is 11.3 Å². The fourth-order valence-corrected chi connectivity index (χ4v) is 4.33. The highest BCUT2D eigenvalue weighted by atomic mass is 32.1. The van der Waals surface area contributed by atoms with Crippen molar-refractivity contribution >= 4 is 29.0 Å². The highest BCUT2D eigenvalue weighted by Crippen LogP contribution is 2.39. The summed E-state index contributed by atoms with van der Waals surface area (Å²) in [6.45, 7) is 1.01. The van der Waals surface area contributed by atoms with Gasteiger partial charge in [-0.2, -0.15) is 0 Å². The van der Waals surface area contributed by atoms with Crippen molar-refractivity contribution in [3.63, 3.8) is 0 Å². The molecule has 1 aromatic carbocycles. The number of carbonyl (C=O) groups is 1. The lowest BCUT2D eigenvalue weighted by molar-refractivity contribution is -0.131. The van der Waals surface area contributed by atoms with Crippen LogP contribution in [0.2, 0.25) is 0 Å². The molecule has 0 bridgehead atoms. The standard InChI is InChI=1S/C21H23NO2S/c1-22(2)13-5-8-19-18-7-4-3-6-15(18)9-10-16-14-17(25-21(16)19)11-12-20(23)24/h3-4,6-8,11-12,14H,5,9-10,13H2,1-2H3,(H,23,24)/b12-11+,19-8-. The van der Waals surface area contributed by atoms with Crippen molar-refractivity contribution in [1.82, 2.24) is 4.90 Å². The molecular weight excluding hydrogens is 330 g/mol. The third kappa shape index (κ3) is 4.27. The van der Waals surface area contributed by atoms with E-state index in [0.717, 1.165) is 30.7 Å². The molecule has 1 aliphatic carbocycles. The number of aryl methyl sites for hydroxylation is 2. The highest BCUT2D eigenvalue weighted by Gasteiger charge is 2.20. The smallest absolute Gasteiger partial charge is 0.328 e. The normalized spacial score (nSPS) is 15.4. The lowest BCUT2D eigenvalue weighted by Crippen LogP contribution is -2.12. The Hall–Kier alpha value is -2.17. The van der Waals surface area contributed by atoms with Crippen molar-refractivity contribution in [1.29, 1.82) is 0 Å². The van der Waals surface area contributed by atoms with Gasteiger partial charge in [-0.25, -0.2) is 4.79 Å². The second kappa shape index (κ2) is 7.81. The molecule has 0 spiro atoms. The topological polar surface area (TPSA) is 40.5 Å². The molecule has 25 heavy (non-hydrogen) atoms. The number of thiophene rings is 1. The Morgan fingerprint density at radius 3 is 2.76 bits per heavy atom. The molecule has 0 amide bonds. The van der Waals surface area contributed by atoms with Gasteiger partial charge >= 0.3 is 5.97 Å². The van der Waals surface area contributed by atoms with E-state index in [4.69, 9.17) is 5.11 Å². The minimum Gasteiger partial charge on any atom is -0.478 e. The summed E-state index contributed by atoms with van der Waals surface area (Å²) in [6.07, 6.45) is 8.26. The number of rotatable bonds is 5. The van der Waals surface area contributed by atoms with Crippen LogP contribution in [-0.4, -0.2) is 36.6 Å². The van der Waals surface area contributed by atoms with Crippen LogP contribution in [0.4, 0.5) is 0 Å². The van der Waals surface area contributed by atoms with Gasteiger partial charge in [0.15, 0.2) is 0 Å². The quantitative estimate of drug-likeness (QED) is 0.814. The summed E-state index contributed by atoms with van der Waals surface area (Å²) in [6, 6.07) is 10.8. The van der Waals surface area contributed by atoms with E-state index in [1.165, 1.54) is 33.2 Å². The predicted molar refractivity (Wildman–Crippen MR) is 105 cm³/mol. The summed E-state index contributed by atoms with van der Waals surface area (Å²) in [4.78, 5) is 15.3. The second-order valence-corrected chi connectivity index (χ2v) is 7.63. The lowest BCUT2D eigenvalue weighted by Gasteiger charge is -2.11. The molecule has 0 atom stereocenters. The van der Waals surface area contributed by atoms with Gasteiger partial charge in [-0.15, -0.1) is 11.3 Å². The van der Waals surface area contributed by atoms with Crippen LogP contribution in [0.3, 0.4) is 0 Å². The van der Waals surface area contributed by atoms with E-state index in [-0.39, 0.29) is 0 Å².